The topological polar surface area (TPSA) is 57.5 Å². The zero-order chi connectivity index (χ0) is 14.3. The third-order valence-corrected chi connectivity index (χ3v) is 2.87. The quantitative estimate of drug-likeness (QED) is 0.731. The predicted octanol–water partition coefficient (Wildman–Crippen LogP) is 4.39. The first-order chi connectivity index (χ1) is 9.00. The zero-order valence-electron chi connectivity index (χ0n) is 10.4. The summed E-state index contributed by atoms with van der Waals surface area (Å²) in [5.41, 5.74) is 0.120. The van der Waals surface area contributed by atoms with Crippen molar-refractivity contribution in [2.24, 2.45) is 0 Å². The highest BCUT2D eigenvalue weighted by molar-refractivity contribution is 6.30. The summed E-state index contributed by atoms with van der Waals surface area (Å²) in [6.07, 6.45) is 4.09. The Morgan fingerprint density at radius 2 is 2.05 bits per heavy atom. The van der Waals surface area contributed by atoms with E-state index in [-0.39, 0.29) is 17.7 Å². The van der Waals surface area contributed by atoms with Crippen molar-refractivity contribution in [2.75, 3.05) is 0 Å². The molecule has 104 valence electrons. The maximum atomic E-state index is 13.7. The van der Waals surface area contributed by atoms with Gasteiger partial charge in [0.25, 0.3) is 0 Å². The van der Waals surface area contributed by atoms with Crippen LogP contribution in [0.3, 0.4) is 0 Å². The molecule has 0 aliphatic rings. The van der Waals surface area contributed by atoms with E-state index in [1.54, 1.807) is 0 Å². The molecule has 0 unspecified atom stereocenters. The van der Waals surface area contributed by atoms with Gasteiger partial charge in [-0.05, 0) is 43.5 Å². The van der Waals surface area contributed by atoms with Crippen LogP contribution in [-0.4, -0.2) is 16.2 Å². The molecule has 0 spiro atoms. The largest absolute Gasteiger partial charge is 0.507 e. The summed E-state index contributed by atoms with van der Waals surface area (Å²) in [4.78, 5) is 10.3. The van der Waals surface area contributed by atoms with Crippen molar-refractivity contribution in [1.29, 1.82) is 0 Å². The van der Waals surface area contributed by atoms with Gasteiger partial charge in [-0.15, -0.1) is 0 Å². The Morgan fingerprint density at radius 1 is 1.32 bits per heavy atom. The van der Waals surface area contributed by atoms with Gasteiger partial charge in [0.15, 0.2) is 0 Å². The van der Waals surface area contributed by atoms with Gasteiger partial charge in [0, 0.05) is 11.4 Å². The summed E-state index contributed by atoms with van der Waals surface area (Å²) in [5, 5.41) is 18.3. The fourth-order valence-corrected chi connectivity index (χ4v) is 1.81. The Bertz CT molecular complexity index is 472. The van der Waals surface area contributed by atoms with Crippen LogP contribution in [0.25, 0.3) is 5.83 Å². The molecule has 0 saturated carbocycles. The van der Waals surface area contributed by atoms with Gasteiger partial charge in [-0.1, -0.05) is 18.0 Å². The highest BCUT2D eigenvalue weighted by atomic mass is 35.5. The lowest BCUT2D eigenvalue weighted by atomic mass is 10.1. The van der Waals surface area contributed by atoms with Crippen molar-refractivity contribution >= 4 is 23.4 Å². The Kier molecular flexibility index (Phi) is 6.36. The first-order valence-electron chi connectivity index (χ1n) is 6.07. The molecule has 2 N–H and O–H groups in total. The molecule has 0 amide bonds. The van der Waals surface area contributed by atoms with E-state index in [4.69, 9.17) is 16.7 Å². The van der Waals surface area contributed by atoms with Crippen LogP contribution in [0.1, 0.15) is 37.7 Å². The SMILES string of the molecule is O=C(O)CCCCC/C=C(\F)c1ccc(Cl)cc1O. The van der Waals surface area contributed by atoms with E-state index in [1.165, 1.54) is 24.3 Å². The fourth-order valence-electron chi connectivity index (χ4n) is 1.64. The predicted molar refractivity (Wildman–Crippen MR) is 72.9 cm³/mol. The molecule has 1 rings (SSSR count). The monoisotopic (exact) mass is 286 g/mol. The molecule has 3 nitrogen and oxygen atoms in total. The second kappa shape index (κ2) is 7.79. The molecule has 0 aromatic heterocycles. The van der Waals surface area contributed by atoms with Crippen LogP contribution < -0.4 is 0 Å². The van der Waals surface area contributed by atoms with Gasteiger partial charge in [0.2, 0.25) is 0 Å². The molecule has 0 fully saturated rings. The van der Waals surface area contributed by atoms with Gasteiger partial charge in [0.05, 0.1) is 5.56 Å². The lowest BCUT2D eigenvalue weighted by Crippen LogP contribution is -1.93. The van der Waals surface area contributed by atoms with E-state index in [2.05, 4.69) is 0 Å². The second-order valence-electron chi connectivity index (χ2n) is 4.21. The van der Waals surface area contributed by atoms with Gasteiger partial charge in [-0.2, -0.15) is 0 Å². The number of halogens is 2. The first kappa shape index (κ1) is 15.5. The van der Waals surface area contributed by atoms with E-state index >= 15 is 0 Å². The van der Waals surface area contributed by atoms with Gasteiger partial charge in [-0.3, -0.25) is 4.79 Å². The van der Waals surface area contributed by atoms with Crippen LogP contribution in [0.2, 0.25) is 5.02 Å². The standard InChI is InChI=1S/C14H16ClFO3/c15-10-7-8-11(13(17)9-10)12(16)5-3-1-2-4-6-14(18)19/h5,7-9,17H,1-4,6H2,(H,18,19)/b12-5-. The van der Waals surface area contributed by atoms with Crippen LogP contribution in [0, 0.1) is 0 Å². The molecule has 0 aliphatic carbocycles. The van der Waals surface area contributed by atoms with Gasteiger partial charge < -0.3 is 10.2 Å². The number of rotatable bonds is 7. The summed E-state index contributed by atoms with van der Waals surface area (Å²) in [7, 11) is 0. The number of phenolic OH excluding ortho intramolecular Hbond substituents is 1. The summed E-state index contributed by atoms with van der Waals surface area (Å²) >= 11 is 5.66. The van der Waals surface area contributed by atoms with Crippen LogP contribution in [0.4, 0.5) is 4.39 Å². The van der Waals surface area contributed by atoms with E-state index in [9.17, 15) is 14.3 Å². The number of benzene rings is 1. The Morgan fingerprint density at radius 3 is 2.68 bits per heavy atom. The number of unbranched alkanes of at least 4 members (excludes halogenated alkanes) is 3. The van der Waals surface area contributed by atoms with Crippen molar-refractivity contribution in [3.8, 4) is 5.75 Å². The molecule has 0 bridgehead atoms. The summed E-state index contributed by atoms with van der Waals surface area (Å²) in [6, 6.07) is 4.22. The fraction of sp³-hybridized carbons (Fsp3) is 0.357. The van der Waals surface area contributed by atoms with Crippen LogP contribution in [0.15, 0.2) is 24.3 Å². The third kappa shape index (κ3) is 5.75. The average molecular weight is 287 g/mol. The minimum absolute atomic E-state index is 0.120. The zero-order valence-corrected chi connectivity index (χ0v) is 11.2. The molecular formula is C14H16ClFO3. The van der Waals surface area contributed by atoms with Crippen molar-refractivity contribution in [2.45, 2.75) is 32.1 Å². The molecule has 0 heterocycles. The number of aromatic hydroxyl groups is 1. The number of carbonyl (C=O) groups is 1. The molecule has 1 aromatic carbocycles. The Balaban J connectivity index is 2.42. The molecule has 0 atom stereocenters. The Hall–Kier alpha value is -1.55. The minimum atomic E-state index is -0.812. The van der Waals surface area contributed by atoms with Crippen LogP contribution in [0.5, 0.6) is 5.75 Å². The first-order valence-corrected chi connectivity index (χ1v) is 6.45. The third-order valence-electron chi connectivity index (χ3n) is 2.64. The molecule has 5 heteroatoms. The number of carboxylic acids is 1. The van der Waals surface area contributed by atoms with Gasteiger partial charge in [0.1, 0.15) is 11.6 Å². The maximum absolute atomic E-state index is 13.7. The van der Waals surface area contributed by atoms with Crippen LogP contribution >= 0.6 is 11.6 Å². The summed E-state index contributed by atoms with van der Waals surface area (Å²) < 4.78 is 13.7. The van der Waals surface area contributed by atoms with Crippen molar-refractivity contribution < 1.29 is 19.4 Å². The molecule has 0 saturated heterocycles. The average Bonchev–Trinajstić information content (AvgIpc) is 2.32. The lowest BCUT2D eigenvalue weighted by molar-refractivity contribution is -0.137. The lowest BCUT2D eigenvalue weighted by Gasteiger charge is -2.02. The number of aliphatic carboxylic acids is 1. The molecule has 0 aliphatic heterocycles. The van der Waals surface area contributed by atoms with Gasteiger partial charge in [-0.25, -0.2) is 4.39 Å². The number of carboxylic acid groups (broad SMARTS) is 1. The number of allylic oxidation sites excluding steroid dienone is 1. The molecular weight excluding hydrogens is 271 g/mol. The van der Waals surface area contributed by atoms with Crippen molar-refractivity contribution in [3.05, 3.63) is 34.9 Å². The normalized spacial score (nSPS) is 11.6. The van der Waals surface area contributed by atoms with E-state index in [0.717, 1.165) is 12.8 Å². The number of phenols is 1. The second-order valence-corrected chi connectivity index (χ2v) is 4.64. The smallest absolute Gasteiger partial charge is 0.303 e. The number of hydrogen-bond donors (Lipinski definition) is 2. The molecule has 0 radical (unpaired) electrons. The molecule has 1 aromatic rings. The van der Waals surface area contributed by atoms with Crippen molar-refractivity contribution in [1.82, 2.24) is 0 Å². The highest BCUT2D eigenvalue weighted by Gasteiger charge is 2.06. The summed E-state index contributed by atoms with van der Waals surface area (Å²) in [5.74, 6) is -1.49. The van der Waals surface area contributed by atoms with E-state index < -0.39 is 11.8 Å². The van der Waals surface area contributed by atoms with Gasteiger partial charge >= 0.3 is 5.97 Å². The maximum Gasteiger partial charge on any atom is 0.303 e. The van der Waals surface area contributed by atoms with E-state index in [0.29, 0.717) is 17.9 Å². The summed E-state index contributed by atoms with van der Waals surface area (Å²) in [6.45, 7) is 0. The Labute approximate surface area is 116 Å². The molecule has 19 heavy (non-hydrogen) atoms. The minimum Gasteiger partial charge on any atom is -0.507 e. The highest BCUT2D eigenvalue weighted by Crippen LogP contribution is 2.29. The van der Waals surface area contributed by atoms with Crippen molar-refractivity contribution in [3.63, 3.8) is 0 Å². The van der Waals surface area contributed by atoms with Crippen LogP contribution in [-0.2, 0) is 4.79 Å². The van der Waals surface area contributed by atoms with E-state index in [1.807, 2.05) is 0 Å². The number of hydrogen-bond acceptors (Lipinski definition) is 2.